The lowest BCUT2D eigenvalue weighted by Gasteiger charge is -2.22. The molecule has 1 fully saturated rings. The van der Waals surface area contributed by atoms with Crippen molar-refractivity contribution in [1.29, 1.82) is 0 Å². The fraction of sp³-hybridized carbons (Fsp3) is 0.211. The number of rotatable bonds is 6. The zero-order valence-corrected chi connectivity index (χ0v) is 17.2. The molecule has 2 aromatic rings. The van der Waals surface area contributed by atoms with Crippen molar-refractivity contribution < 1.29 is 14.3 Å². The molecular formula is C19H18N2O3S3. The van der Waals surface area contributed by atoms with Crippen LogP contribution in [0.5, 0.6) is 5.75 Å². The highest BCUT2D eigenvalue weighted by atomic mass is 32.2. The van der Waals surface area contributed by atoms with E-state index in [1.54, 1.807) is 48.6 Å². The summed E-state index contributed by atoms with van der Waals surface area (Å²) < 4.78 is 5.77. The number of ether oxygens (including phenoxy) is 1. The van der Waals surface area contributed by atoms with Gasteiger partial charge in [-0.2, -0.15) is 0 Å². The van der Waals surface area contributed by atoms with Gasteiger partial charge in [0.2, 0.25) is 5.91 Å². The number of thioether (sulfide) groups is 1. The minimum Gasteiger partial charge on any atom is -0.494 e. The highest BCUT2D eigenvalue weighted by Gasteiger charge is 2.38. The second-order valence-electron chi connectivity index (χ2n) is 5.69. The number of carbonyl (C=O) groups is 2. The van der Waals surface area contributed by atoms with Crippen molar-refractivity contribution >= 4 is 63.2 Å². The third-order valence-electron chi connectivity index (χ3n) is 3.84. The maximum atomic E-state index is 12.7. The molecule has 0 spiro atoms. The van der Waals surface area contributed by atoms with Crippen molar-refractivity contribution in [3.8, 4) is 5.75 Å². The van der Waals surface area contributed by atoms with Crippen molar-refractivity contribution in [2.45, 2.75) is 19.9 Å². The van der Waals surface area contributed by atoms with E-state index < -0.39 is 6.04 Å². The van der Waals surface area contributed by atoms with E-state index in [1.165, 1.54) is 16.7 Å². The molecule has 1 atom stereocenters. The summed E-state index contributed by atoms with van der Waals surface area (Å²) in [5, 5.41) is 4.76. The first-order valence-corrected chi connectivity index (χ1v) is 10.4. The van der Waals surface area contributed by atoms with Crippen molar-refractivity contribution in [1.82, 2.24) is 4.90 Å². The van der Waals surface area contributed by atoms with E-state index in [4.69, 9.17) is 17.0 Å². The number of benzene rings is 1. The maximum absolute atomic E-state index is 12.7. The average molecular weight is 419 g/mol. The van der Waals surface area contributed by atoms with Gasteiger partial charge in [-0.3, -0.25) is 14.5 Å². The van der Waals surface area contributed by atoms with Gasteiger partial charge in [-0.15, -0.1) is 11.3 Å². The number of thiocarbonyl (C=S) groups is 1. The van der Waals surface area contributed by atoms with Gasteiger partial charge in [0, 0.05) is 10.6 Å². The van der Waals surface area contributed by atoms with Gasteiger partial charge in [0.05, 0.1) is 11.5 Å². The quantitative estimate of drug-likeness (QED) is 0.557. The standard InChI is InChI=1S/C19H18N2O3S3/c1-3-24-14-8-6-13(7-9-14)20-17(22)12(2)21-18(23)16(27-19(21)25)11-15-5-4-10-26-15/h4-12H,3H2,1-2H3,(H,20,22)/b16-11-. The minimum atomic E-state index is -0.710. The van der Waals surface area contributed by atoms with Gasteiger partial charge in [-0.05, 0) is 55.6 Å². The second-order valence-corrected chi connectivity index (χ2v) is 8.34. The molecular weight excluding hydrogens is 400 g/mol. The molecule has 0 radical (unpaired) electrons. The van der Waals surface area contributed by atoms with Gasteiger partial charge in [0.15, 0.2) is 0 Å². The lowest BCUT2D eigenvalue weighted by atomic mass is 10.2. The fourth-order valence-electron chi connectivity index (χ4n) is 2.48. The monoisotopic (exact) mass is 418 g/mol. The lowest BCUT2D eigenvalue weighted by Crippen LogP contribution is -2.44. The average Bonchev–Trinajstić information content (AvgIpc) is 3.25. The molecule has 0 bridgehead atoms. The van der Waals surface area contributed by atoms with Crippen LogP contribution in [0, 0.1) is 0 Å². The highest BCUT2D eigenvalue weighted by Crippen LogP contribution is 2.34. The molecule has 8 heteroatoms. The molecule has 1 saturated heterocycles. The predicted octanol–water partition coefficient (Wildman–Crippen LogP) is 4.38. The first-order valence-electron chi connectivity index (χ1n) is 8.34. The maximum Gasteiger partial charge on any atom is 0.266 e. The number of thiophene rings is 1. The predicted molar refractivity (Wildman–Crippen MR) is 115 cm³/mol. The molecule has 0 saturated carbocycles. The van der Waals surface area contributed by atoms with Crippen LogP contribution < -0.4 is 10.1 Å². The van der Waals surface area contributed by atoms with Gasteiger partial charge in [-0.1, -0.05) is 30.0 Å². The van der Waals surface area contributed by atoms with Crippen LogP contribution in [0.3, 0.4) is 0 Å². The summed E-state index contributed by atoms with van der Waals surface area (Å²) in [4.78, 5) is 28.2. The molecule has 1 aromatic carbocycles. The van der Waals surface area contributed by atoms with E-state index >= 15 is 0 Å². The Morgan fingerprint density at radius 2 is 2.07 bits per heavy atom. The van der Waals surface area contributed by atoms with E-state index in [1.807, 2.05) is 24.4 Å². The first kappa shape index (κ1) is 19.6. The molecule has 1 N–H and O–H groups in total. The number of hydrogen-bond acceptors (Lipinski definition) is 6. The third-order valence-corrected chi connectivity index (χ3v) is 5.99. The summed E-state index contributed by atoms with van der Waals surface area (Å²) in [7, 11) is 0. The highest BCUT2D eigenvalue weighted by molar-refractivity contribution is 8.26. The Morgan fingerprint density at radius 3 is 2.70 bits per heavy atom. The number of nitrogens with one attached hydrogen (secondary N) is 1. The Balaban J connectivity index is 1.69. The Hall–Kier alpha value is -2.16. The van der Waals surface area contributed by atoms with Gasteiger partial charge in [-0.25, -0.2) is 0 Å². The number of amides is 2. The first-order chi connectivity index (χ1) is 13.0. The summed E-state index contributed by atoms with van der Waals surface area (Å²) in [6.07, 6.45) is 1.81. The number of nitrogens with zero attached hydrogens (tertiary/aromatic N) is 1. The molecule has 27 heavy (non-hydrogen) atoms. The summed E-state index contributed by atoms with van der Waals surface area (Å²) in [5.41, 5.74) is 0.634. The fourth-order valence-corrected chi connectivity index (χ4v) is 4.62. The molecule has 3 rings (SSSR count). The van der Waals surface area contributed by atoms with E-state index in [0.717, 1.165) is 10.6 Å². The number of carbonyl (C=O) groups excluding carboxylic acids is 2. The Bertz CT molecular complexity index is 876. The van der Waals surface area contributed by atoms with Crippen molar-refractivity contribution in [3.63, 3.8) is 0 Å². The van der Waals surface area contributed by atoms with Gasteiger partial charge in [0.25, 0.3) is 5.91 Å². The van der Waals surface area contributed by atoms with Crippen molar-refractivity contribution in [2.75, 3.05) is 11.9 Å². The van der Waals surface area contributed by atoms with Crippen LogP contribution >= 0.6 is 35.3 Å². The molecule has 1 aliphatic heterocycles. The van der Waals surface area contributed by atoms with E-state index in [0.29, 0.717) is 21.5 Å². The number of anilines is 1. The molecule has 2 heterocycles. The summed E-state index contributed by atoms with van der Waals surface area (Å²) in [5.74, 6) is 0.194. The third kappa shape index (κ3) is 4.58. The molecule has 2 amide bonds. The van der Waals surface area contributed by atoms with Gasteiger partial charge in [0.1, 0.15) is 16.1 Å². The van der Waals surface area contributed by atoms with E-state index in [2.05, 4.69) is 5.32 Å². The smallest absolute Gasteiger partial charge is 0.266 e. The van der Waals surface area contributed by atoms with Crippen LogP contribution in [0.4, 0.5) is 5.69 Å². The molecule has 0 aliphatic carbocycles. The Morgan fingerprint density at radius 1 is 1.33 bits per heavy atom. The molecule has 5 nitrogen and oxygen atoms in total. The Kier molecular flexibility index (Phi) is 6.30. The molecule has 140 valence electrons. The lowest BCUT2D eigenvalue weighted by molar-refractivity contribution is -0.129. The second kappa shape index (κ2) is 8.69. The van der Waals surface area contributed by atoms with Crippen molar-refractivity contribution in [3.05, 3.63) is 51.6 Å². The van der Waals surface area contributed by atoms with Gasteiger partial charge < -0.3 is 10.1 Å². The minimum absolute atomic E-state index is 0.243. The normalized spacial score (nSPS) is 16.7. The van der Waals surface area contributed by atoms with Crippen LogP contribution in [0.1, 0.15) is 18.7 Å². The summed E-state index contributed by atoms with van der Waals surface area (Å²) in [6.45, 7) is 4.16. The van der Waals surface area contributed by atoms with Crippen LogP contribution in [0.2, 0.25) is 0 Å². The molecule has 1 unspecified atom stereocenters. The van der Waals surface area contributed by atoms with Crippen LogP contribution in [-0.4, -0.2) is 33.7 Å². The largest absolute Gasteiger partial charge is 0.494 e. The zero-order chi connectivity index (χ0) is 19.4. The van der Waals surface area contributed by atoms with E-state index in [-0.39, 0.29) is 11.8 Å². The summed E-state index contributed by atoms with van der Waals surface area (Å²) >= 11 is 8.09. The van der Waals surface area contributed by atoms with Crippen LogP contribution in [0.15, 0.2) is 46.7 Å². The van der Waals surface area contributed by atoms with Crippen LogP contribution in [-0.2, 0) is 9.59 Å². The zero-order valence-electron chi connectivity index (χ0n) is 14.8. The van der Waals surface area contributed by atoms with Crippen LogP contribution in [0.25, 0.3) is 6.08 Å². The van der Waals surface area contributed by atoms with E-state index in [9.17, 15) is 9.59 Å². The summed E-state index contributed by atoms with van der Waals surface area (Å²) in [6, 6.07) is 10.2. The molecule has 1 aromatic heterocycles. The SMILES string of the molecule is CCOc1ccc(NC(=O)C(C)N2C(=O)/C(=C/c3cccs3)SC2=S)cc1. The molecule has 1 aliphatic rings. The number of hydrogen-bond donors (Lipinski definition) is 1. The topological polar surface area (TPSA) is 58.6 Å². The van der Waals surface area contributed by atoms with Gasteiger partial charge >= 0.3 is 0 Å². The van der Waals surface area contributed by atoms with Crippen molar-refractivity contribution in [2.24, 2.45) is 0 Å². The Labute approximate surface area is 171 Å².